The van der Waals surface area contributed by atoms with Crippen molar-refractivity contribution in [3.63, 3.8) is 0 Å². The van der Waals surface area contributed by atoms with Gasteiger partial charge in [0, 0.05) is 25.2 Å². The minimum absolute atomic E-state index is 0.0704. The molecular formula is C14H27N3O. The largest absolute Gasteiger partial charge is 0.351 e. The summed E-state index contributed by atoms with van der Waals surface area (Å²) in [6.45, 7) is 8.27. The van der Waals surface area contributed by atoms with Gasteiger partial charge in [-0.15, -0.1) is 0 Å². The van der Waals surface area contributed by atoms with Crippen molar-refractivity contribution in [3.8, 4) is 0 Å². The van der Waals surface area contributed by atoms with Gasteiger partial charge in [-0.1, -0.05) is 26.7 Å². The summed E-state index contributed by atoms with van der Waals surface area (Å²) >= 11 is 0. The van der Waals surface area contributed by atoms with Crippen LogP contribution >= 0.6 is 0 Å². The summed E-state index contributed by atoms with van der Waals surface area (Å²) in [4.78, 5) is 12.2. The molecule has 2 fully saturated rings. The van der Waals surface area contributed by atoms with Crippen molar-refractivity contribution < 1.29 is 4.79 Å². The lowest BCUT2D eigenvalue weighted by molar-refractivity contribution is -0.125. The molecule has 0 spiro atoms. The summed E-state index contributed by atoms with van der Waals surface area (Å²) in [6, 6.07) is 0.721. The van der Waals surface area contributed by atoms with Gasteiger partial charge in [-0.2, -0.15) is 0 Å². The van der Waals surface area contributed by atoms with E-state index in [0.29, 0.717) is 12.1 Å². The smallest absolute Gasteiger partial charge is 0.238 e. The second kappa shape index (κ2) is 5.57. The van der Waals surface area contributed by atoms with Crippen LogP contribution in [0.2, 0.25) is 0 Å². The third kappa shape index (κ3) is 3.23. The minimum atomic E-state index is -0.0704. The van der Waals surface area contributed by atoms with Crippen LogP contribution < -0.4 is 16.0 Å². The Labute approximate surface area is 110 Å². The number of amides is 1. The molecule has 1 heterocycles. The highest BCUT2D eigenvalue weighted by atomic mass is 16.2. The number of piperazine rings is 1. The Morgan fingerprint density at radius 3 is 2.61 bits per heavy atom. The molecule has 1 saturated carbocycles. The van der Waals surface area contributed by atoms with Crippen molar-refractivity contribution >= 4 is 5.91 Å². The van der Waals surface area contributed by atoms with E-state index in [2.05, 4.69) is 36.7 Å². The highest BCUT2D eigenvalue weighted by Crippen LogP contribution is 2.35. The number of hydrogen-bond acceptors (Lipinski definition) is 3. The molecule has 0 aromatic carbocycles. The first-order chi connectivity index (χ1) is 8.49. The van der Waals surface area contributed by atoms with E-state index in [1.165, 1.54) is 19.3 Å². The molecule has 2 aliphatic rings. The van der Waals surface area contributed by atoms with E-state index >= 15 is 0 Å². The number of carbonyl (C=O) groups is 1. The Bertz CT molecular complexity index is 295. The van der Waals surface area contributed by atoms with Crippen molar-refractivity contribution in [1.29, 1.82) is 0 Å². The Morgan fingerprint density at radius 2 is 2.00 bits per heavy atom. The van der Waals surface area contributed by atoms with Gasteiger partial charge in [-0.25, -0.2) is 0 Å². The van der Waals surface area contributed by atoms with E-state index in [1.807, 2.05) is 0 Å². The van der Waals surface area contributed by atoms with Crippen molar-refractivity contribution in [3.05, 3.63) is 0 Å². The fourth-order valence-electron chi connectivity index (χ4n) is 3.00. The monoisotopic (exact) mass is 253 g/mol. The zero-order chi connectivity index (χ0) is 13.2. The lowest BCUT2D eigenvalue weighted by Crippen LogP contribution is -2.61. The molecule has 0 aromatic heterocycles. The van der Waals surface area contributed by atoms with Gasteiger partial charge in [-0.05, 0) is 25.2 Å². The summed E-state index contributed by atoms with van der Waals surface area (Å²) in [5, 5.41) is 9.91. The van der Waals surface area contributed by atoms with Gasteiger partial charge in [0.2, 0.25) is 5.91 Å². The summed E-state index contributed by atoms with van der Waals surface area (Å²) in [5.41, 5.74) is 0.239. The second-order valence-electron chi connectivity index (χ2n) is 6.57. The summed E-state index contributed by atoms with van der Waals surface area (Å²) < 4.78 is 0. The molecule has 3 atom stereocenters. The minimum Gasteiger partial charge on any atom is -0.351 e. The zero-order valence-electron chi connectivity index (χ0n) is 11.9. The molecule has 104 valence electrons. The lowest BCUT2D eigenvalue weighted by Gasteiger charge is -2.40. The van der Waals surface area contributed by atoms with Gasteiger partial charge >= 0.3 is 0 Å². The fourth-order valence-corrected chi connectivity index (χ4v) is 3.00. The highest BCUT2D eigenvalue weighted by molar-refractivity contribution is 5.82. The SMILES string of the molecule is CC1CNC(C(=O)NC2CCCCC2(C)C)CN1. The first kappa shape index (κ1) is 13.8. The molecule has 18 heavy (non-hydrogen) atoms. The Kier molecular flexibility index (Phi) is 4.28. The predicted octanol–water partition coefficient (Wildman–Crippen LogP) is 1.02. The average molecular weight is 253 g/mol. The number of carbonyl (C=O) groups excluding carboxylic acids is 1. The Hall–Kier alpha value is -0.610. The van der Waals surface area contributed by atoms with Crippen molar-refractivity contribution in [2.75, 3.05) is 13.1 Å². The Balaban J connectivity index is 1.86. The first-order valence-electron chi connectivity index (χ1n) is 7.26. The van der Waals surface area contributed by atoms with Crippen molar-refractivity contribution in [2.24, 2.45) is 5.41 Å². The molecule has 4 heteroatoms. The fraction of sp³-hybridized carbons (Fsp3) is 0.929. The van der Waals surface area contributed by atoms with E-state index in [0.717, 1.165) is 19.5 Å². The van der Waals surface area contributed by atoms with E-state index in [-0.39, 0.29) is 17.4 Å². The molecule has 4 nitrogen and oxygen atoms in total. The van der Waals surface area contributed by atoms with Crippen LogP contribution in [0.25, 0.3) is 0 Å². The molecular weight excluding hydrogens is 226 g/mol. The molecule has 0 bridgehead atoms. The van der Waals surface area contributed by atoms with E-state index in [1.54, 1.807) is 0 Å². The van der Waals surface area contributed by atoms with Crippen LogP contribution in [0.4, 0.5) is 0 Å². The zero-order valence-corrected chi connectivity index (χ0v) is 11.9. The second-order valence-corrected chi connectivity index (χ2v) is 6.57. The van der Waals surface area contributed by atoms with Crippen LogP contribution in [-0.4, -0.2) is 37.1 Å². The molecule has 2 rings (SSSR count). The Morgan fingerprint density at radius 1 is 1.22 bits per heavy atom. The summed E-state index contributed by atoms with van der Waals surface area (Å²) in [6.07, 6.45) is 4.86. The van der Waals surface area contributed by atoms with E-state index < -0.39 is 0 Å². The molecule has 1 aliphatic heterocycles. The number of rotatable bonds is 2. The molecule has 1 saturated heterocycles. The summed E-state index contributed by atoms with van der Waals surface area (Å²) in [5.74, 6) is 0.161. The van der Waals surface area contributed by atoms with E-state index in [9.17, 15) is 4.79 Å². The van der Waals surface area contributed by atoms with Gasteiger partial charge < -0.3 is 16.0 Å². The maximum atomic E-state index is 12.2. The quantitative estimate of drug-likeness (QED) is 0.689. The standard InChI is InChI=1S/C14H27N3O/c1-10-8-16-11(9-15-10)13(18)17-12-6-4-5-7-14(12,2)3/h10-12,15-16H,4-9H2,1-3H3,(H,17,18). The molecule has 1 aliphatic carbocycles. The highest BCUT2D eigenvalue weighted by Gasteiger charge is 2.34. The van der Waals surface area contributed by atoms with Crippen LogP contribution in [0.1, 0.15) is 46.5 Å². The van der Waals surface area contributed by atoms with Gasteiger partial charge in [0.05, 0.1) is 6.04 Å². The van der Waals surface area contributed by atoms with Gasteiger partial charge in [-0.3, -0.25) is 4.79 Å². The maximum absolute atomic E-state index is 12.2. The van der Waals surface area contributed by atoms with Gasteiger partial charge in [0.1, 0.15) is 0 Å². The molecule has 0 radical (unpaired) electrons. The molecule has 0 aromatic rings. The normalized spacial score (nSPS) is 36.1. The van der Waals surface area contributed by atoms with Crippen LogP contribution in [0, 0.1) is 5.41 Å². The van der Waals surface area contributed by atoms with Crippen LogP contribution in [0.5, 0.6) is 0 Å². The first-order valence-corrected chi connectivity index (χ1v) is 7.26. The number of nitrogens with one attached hydrogen (secondary N) is 3. The van der Waals surface area contributed by atoms with Crippen LogP contribution in [-0.2, 0) is 4.79 Å². The van der Waals surface area contributed by atoms with Crippen molar-refractivity contribution in [1.82, 2.24) is 16.0 Å². The van der Waals surface area contributed by atoms with Crippen LogP contribution in [0.15, 0.2) is 0 Å². The number of hydrogen-bond donors (Lipinski definition) is 3. The lowest BCUT2D eigenvalue weighted by atomic mass is 9.73. The van der Waals surface area contributed by atoms with Crippen molar-refractivity contribution in [2.45, 2.75) is 64.6 Å². The molecule has 3 unspecified atom stereocenters. The third-order valence-corrected chi connectivity index (χ3v) is 4.48. The maximum Gasteiger partial charge on any atom is 0.238 e. The predicted molar refractivity (Wildman–Crippen MR) is 73.4 cm³/mol. The van der Waals surface area contributed by atoms with E-state index in [4.69, 9.17) is 0 Å². The van der Waals surface area contributed by atoms with Gasteiger partial charge in [0.15, 0.2) is 0 Å². The topological polar surface area (TPSA) is 53.2 Å². The average Bonchev–Trinajstić information content (AvgIpc) is 2.32. The van der Waals surface area contributed by atoms with Gasteiger partial charge in [0.25, 0.3) is 0 Å². The van der Waals surface area contributed by atoms with Crippen LogP contribution in [0.3, 0.4) is 0 Å². The molecule has 1 amide bonds. The third-order valence-electron chi connectivity index (χ3n) is 4.48. The molecule has 3 N–H and O–H groups in total. The summed E-state index contributed by atoms with van der Waals surface area (Å²) in [7, 11) is 0.